The first kappa shape index (κ1) is 19.6. The molecule has 26 heavy (non-hydrogen) atoms. The quantitative estimate of drug-likeness (QED) is 0.764. The second-order valence-corrected chi connectivity index (χ2v) is 8.68. The predicted octanol–water partition coefficient (Wildman–Crippen LogP) is 3.94. The van der Waals surface area contributed by atoms with Gasteiger partial charge in [-0.2, -0.15) is 0 Å². The van der Waals surface area contributed by atoms with E-state index >= 15 is 0 Å². The first-order chi connectivity index (χ1) is 12.1. The molecule has 0 aromatic heterocycles. The summed E-state index contributed by atoms with van der Waals surface area (Å²) in [6.45, 7) is 15.5. The van der Waals surface area contributed by atoms with Crippen LogP contribution in [0.25, 0.3) is 6.08 Å². The molecule has 5 heteroatoms. The molecule has 0 aliphatic carbocycles. The Morgan fingerprint density at radius 2 is 1.54 bits per heavy atom. The van der Waals surface area contributed by atoms with E-state index in [9.17, 15) is 0 Å². The van der Waals surface area contributed by atoms with Crippen LogP contribution >= 0.6 is 0 Å². The van der Waals surface area contributed by atoms with E-state index in [4.69, 9.17) is 14.0 Å². The summed E-state index contributed by atoms with van der Waals surface area (Å²) in [5.74, 6) is 2.00. The molecule has 2 aliphatic rings. The first-order valence-corrected chi connectivity index (χ1v) is 9.65. The molecular formula is C21H32BNO3. The molecule has 0 spiro atoms. The van der Waals surface area contributed by atoms with Crippen LogP contribution in [0.2, 0.25) is 0 Å². The standard InChI is InChI=1S/C21H32BNO3/c1-16-13-23(14-17(2)24-16)15-19-9-7-18(8-10-19)11-12-22-25-20(3,4)21(5,6)26-22/h7-12,16-17H,13-15H2,1-6H3/b12-11-. The van der Waals surface area contributed by atoms with Crippen LogP contribution in [0, 0.1) is 0 Å². The van der Waals surface area contributed by atoms with Crippen molar-refractivity contribution in [1.82, 2.24) is 4.90 Å². The van der Waals surface area contributed by atoms with Gasteiger partial charge < -0.3 is 14.0 Å². The minimum Gasteiger partial charge on any atom is -0.400 e. The van der Waals surface area contributed by atoms with Crippen LogP contribution in [0.3, 0.4) is 0 Å². The van der Waals surface area contributed by atoms with Gasteiger partial charge in [-0.3, -0.25) is 4.90 Å². The van der Waals surface area contributed by atoms with Crippen molar-refractivity contribution in [3.8, 4) is 0 Å². The van der Waals surface area contributed by atoms with Gasteiger partial charge in [0.15, 0.2) is 0 Å². The van der Waals surface area contributed by atoms with E-state index in [1.165, 1.54) is 5.56 Å². The van der Waals surface area contributed by atoms with Crippen LogP contribution in [-0.2, 0) is 20.6 Å². The highest BCUT2D eigenvalue weighted by Crippen LogP contribution is 2.37. The highest BCUT2D eigenvalue weighted by atomic mass is 16.7. The van der Waals surface area contributed by atoms with Crippen molar-refractivity contribution in [2.24, 2.45) is 0 Å². The predicted molar refractivity (Wildman–Crippen MR) is 107 cm³/mol. The summed E-state index contributed by atoms with van der Waals surface area (Å²) in [5, 5.41) is 0. The third-order valence-electron chi connectivity index (χ3n) is 5.60. The Balaban J connectivity index is 1.57. The average molecular weight is 357 g/mol. The van der Waals surface area contributed by atoms with Crippen LogP contribution in [-0.4, -0.2) is 48.5 Å². The maximum absolute atomic E-state index is 6.00. The first-order valence-electron chi connectivity index (χ1n) is 9.65. The molecule has 2 fully saturated rings. The third kappa shape index (κ3) is 4.58. The van der Waals surface area contributed by atoms with Gasteiger partial charge in [-0.05, 0) is 52.7 Å². The Morgan fingerprint density at radius 3 is 2.08 bits per heavy atom. The summed E-state index contributed by atoms with van der Waals surface area (Å²) < 4.78 is 17.8. The number of hydrogen-bond donors (Lipinski definition) is 0. The third-order valence-corrected chi connectivity index (χ3v) is 5.60. The lowest BCUT2D eigenvalue weighted by Crippen LogP contribution is -2.44. The smallest absolute Gasteiger partial charge is 0.400 e. The summed E-state index contributed by atoms with van der Waals surface area (Å²) in [7, 11) is -0.295. The van der Waals surface area contributed by atoms with Gasteiger partial charge in [-0.15, -0.1) is 0 Å². The van der Waals surface area contributed by atoms with Gasteiger partial charge in [0.05, 0.1) is 23.4 Å². The van der Waals surface area contributed by atoms with Gasteiger partial charge >= 0.3 is 7.12 Å². The van der Waals surface area contributed by atoms with Gasteiger partial charge in [0, 0.05) is 19.6 Å². The van der Waals surface area contributed by atoms with E-state index in [0.717, 1.165) is 25.2 Å². The van der Waals surface area contributed by atoms with Gasteiger partial charge in [-0.1, -0.05) is 36.3 Å². The van der Waals surface area contributed by atoms with Crippen molar-refractivity contribution in [3.05, 3.63) is 41.4 Å². The molecule has 2 aliphatic heterocycles. The maximum Gasteiger partial charge on any atom is 0.487 e. The molecule has 2 atom stereocenters. The van der Waals surface area contributed by atoms with E-state index in [0.29, 0.717) is 12.2 Å². The number of hydrogen-bond acceptors (Lipinski definition) is 4. The summed E-state index contributed by atoms with van der Waals surface area (Å²) in [6.07, 6.45) is 2.69. The summed E-state index contributed by atoms with van der Waals surface area (Å²) in [6, 6.07) is 8.72. The molecule has 0 radical (unpaired) electrons. The monoisotopic (exact) mass is 357 g/mol. The summed E-state index contributed by atoms with van der Waals surface area (Å²) in [4.78, 5) is 2.47. The Hall–Kier alpha value is -1.14. The van der Waals surface area contributed by atoms with E-state index < -0.39 is 0 Å². The summed E-state index contributed by atoms with van der Waals surface area (Å²) >= 11 is 0. The lowest BCUT2D eigenvalue weighted by atomic mass is 9.89. The number of benzene rings is 1. The zero-order valence-corrected chi connectivity index (χ0v) is 17.0. The fourth-order valence-electron chi connectivity index (χ4n) is 3.56. The fraction of sp³-hybridized carbons (Fsp3) is 0.619. The average Bonchev–Trinajstić information content (AvgIpc) is 2.73. The lowest BCUT2D eigenvalue weighted by molar-refractivity contribution is -0.0704. The highest BCUT2D eigenvalue weighted by Gasteiger charge is 2.49. The van der Waals surface area contributed by atoms with Gasteiger partial charge in [0.2, 0.25) is 0 Å². The summed E-state index contributed by atoms with van der Waals surface area (Å²) in [5.41, 5.74) is 1.91. The molecule has 2 unspecified atom stereocenters. The van der Waals surface area contributed by atoms with Crippen LogP contribution < -0.4 is 0 Å². The van der Waals surface area contributed by atoms with Crippen LogP contribution in [0.4, 0.5) is 0 Å². The van der Waals surface area contributed by atoms with Crippen LogP contribution in [0.1, 0.15) is 52.7 Å². The normalized spacial score (nSPS) is 28.8. The van der Waals surface area contributed by atoms with Crippen molar-refractivity contribution >= 4 is 13.2 Å². The van der Waals surface area contributed by atoms with Crippen molar-refractivity contribution in [3.63, 3.8) is 0 Å². The lowest BCUT2D eigenvalue weighted by Gasteiger charge is -2.35. The molecule has 0 saturated carbocycles. The molecule has 2 saturated heterocycles. The zero-order chi connectivity index (χ0) is 18.9. The highest BCUT2D eigenvalue weighted by molar-refractivity contribution is 6.52. The van der Waals surface area contributed by atoms with Crippen molar-refractivity contribution < 1.29 is 14.0 Å². The number of rotatable bonds is 4. The number of nitrogens with zero attached hydrogens (tertiary/aromatic N) is 1. The zero-order valence-electron chi connectivity index (χ0n) is 17.0. The van der Waals surface area contributed by atoms with E-state index in [1.807, 2.05) is 5.98 Å². The Morgan fingerprint density at radius 1 is 1.00 bits per heavy atom. The topological polar surface area (TPSA) is 30.9 Å². The molecule has 4 nitrogen and oxygen atoms in total. The molecule has 0 N–H and O–H groups in total. The van der Waals surface area contributed by atoms with Crippen molar-refractivity contribution in [2.45, 2.75) is 71.5 Å². The minimum absolute atomic E-state index is 0.293. The molecule has 0 bridgehead atoms. The number of morpholine rings is 1. The van der Waals surface area contributed by atoms with Gasteiger partial charge in [-0.25, -0.2) is 0 Å². The van der Waals surface area contributed by atoms with E-state index in [1.54, 1.807) is 0 Å². The largest absolute Gasteiger partial charge is 0.487 e. The maximum atomic E-state index is 6.00. The minimum atomic E-state index is -0.295. The van der Waals surface area contributed by atoms with Gasteiger partial charge in [0.25, 0.3) is 0 Å². The Labute approximate surface area is 158 Å². The van der Waals surface area contributed by atoms with Crippen molar-refractivity contribution in [1.29, 1.82) is 0 Å². The SMILES string of the molecule is CC1CN(Cc2ccc(/C=C\B3OC(C)(C)C(C)(C)O3)cc2)CC(C)O1. The molecule has 3 rings (SSSR count). The van der Waals surface area contributed by atoms with Crippen LogP contribution in [0.15, 0.2) is 30.2 Å². The van der Waals surface area contributed by atoms with Crippen molar-refractivity contribution in [2.75, 3.05) is 13.1 Å². The fourth-order valence-corrected chi connectivity index (χ4v) is 3.56. The molecule has 142 valence electrons. The van der Waals surface area contributed by atoms with E-state index in [-0.39, 0.29) is 18.3 Å². The second-order valence-electron chi connectivity index (χ2n) is 8.68. The van der Waals surface area contributed by atoms with Gasteiger partial charge in [0.1, 0.15) is 0 Å². The van der Waals surface area contributed by atoms with E-state index in [2.05, 4.69) is 76.8 Å². The Bertz CT molecular complexity index is 615. The molecule has 1 aromatic rings. The molecule has 2 heterocycles. The Kier molecular flexibility index (Phi) is 5.64. The number of ether oxygens (including phenoxy) is 1. The molecular weight excluding hydrogens is 325 g/mol. The molecule has 0 amide bonds. The second kappa shape index (κ2) is 7.47. The molecule has 1 aromatic carbocycles. The van der Waals surface area contributed by atoms with Crippen LogP contribution in [0.5, 0.6) is 0 Å².